The molecule has 18 heteroatoms. The highest BCUT2D eigenvalue weighted by molar-refractivity contribution is 6.33. The van der Waals surface area contributed by atoms with Gasteiger partial charge in [-0.2, -0.15) is 27.8 Å². The van der Waals surface area contributed by atoms with Gasteiger partial charge in [0.1, 0.15) is 17.8 Å². The fourth-order valence-electron chi connectivity index (χ4n) is 6.91. The van der Waals surface area contributed by atoms with Crippen LogP contribution in [0.25, 0.3) is 11.4 Å². The van der Waals surface area contributed by atoms with Crippen molar-refractivity contribution in [2.75, 3.05) is 31.6 Å². The number of nitrogens with zero attached hydrogens (tertiary/aromatic N) is 6. The number of carbonyl (C=O) groups is 2. The molecule has 1 spiro atoms. The van der Waals surface area contributed by atoms with Crippen molar-refractivity contribution in [3.8, 4) is 5.75 Å². The molecule has 262 valence electrons. The molecule has 3 N–H and O–H groups in total. The van der Waals surface area contributed by atoms with Crippen LogP contribution in [0.4, 0.5) is 18.9 Å². The number of hydrogen-bond acceptors (Lipinski definition) is 9. The molecule has 6 heterocycles. The largest absolute Gasteiger partial charge is 0.504 e. The first kappa shape index (κ1) is 32.5. The number of anilines is 1. The summed E-state index contributed by atoms with van der Waals surface area (Å²) in [6, 6.07) is 2.62. The van der Waals surface area contributed by atoms with Gasteiger partial charge >= 0.3 is 6.18 Å². The minimum absolute atomic E-state index is 0.0230. The lowest BCUT2D eigenvalue weighted by Gasteiger charge is -2.38. The van der Waals surface area contributed by atoms with Crippen molar-refractivity contribution in [3.63, 3.8) is 0 Å². The lowest BCUT2D eigenvalue weighted by atomic mass is 9.85. The van der Waals surface area contributed by atoms with Gasteiger partial charge < -0.3 is 29.4 Å². The number of alkyl halides is 3. The summed E-state index contributed by atoms with van der Waals surface area (Å²) in [6.07, 6.45) is 0.0280. The first-order chi connectivity index (χ1) is 23.9. The number of rotatable bonds is 6. The molecule has 1 aliphatic carbocycles. The fraction of sp³-hybridized carbons (Fsp3) is 0.438. The topological polar surface area (TPSA) is 169 Å². The highest BCUT2D eigenvalue weighted by Gasteiger charge is 2.48. The monoisotopic (exact) mass is 714 g/mol. The van der Waals surface area contributed by atoms with Gasteiger partial charge in [-0.05, 0) is 55.9 Å². The Morgan fingerprint density at radius 3 is 2.66 bits per heavy atom. The van der Waals surface area contributed by atoms with Crippen molar-refractivity contribution >= 4 is 40.5 Å². The number of aromatic amines is 1. The van der Waals surface area contributed by atoms with Gasteiger partial charge in [-0.15, -0.1) is 5.10 Å². The Bertz CT molecular complexity index is 2150. The van der Waals surface area contributed by atoms with Crippen LogP contribution >= 0.6 is 11.6 Å². The molecule has 14 nitrogen and oxygen atoms in total. The maximum Gasteiger partial charge on any atom is 0.416 e. The van der Waals surface area contributed by atoms with Crippen LogP contribution in [0.1, 0.15) is 76.8 Å². The molecule has 0 atom stereocenters. The molecule has 0 bridgehead atoms. The average molecular weight is 715 g/mol. The third-order valence-electron chi connectivity index (χ3n) is 9.72. The second kappa shape index (κ2) is 11.9. The van der Waals surface area contributed by atoms with E-state index in [9.17, 15) is 32.7 Å². The van der Waals surface area contributed by atoms with Crippen molar-refractivity contribution in [1.29, 1.82) is 0 Å². The Hall–Kier alpha value is -4.74. The molecule has 50 heavy (non-hydrogen) atoms. The molecule has 3 aromatic heterocycles. The van der Waals surface area contributed by atoms with Crippen molar-refractivity contribution < 1.29 is 37.3 Å². The molecule has 8 rings (SSSR count). The highest BCUT2D eigenvalue weighted by Crippen LogP contribution is 2.45. The zero-order valence-electron chi connectivity index (χ0n) is 26.3. The maximum atomic E-state index is 14.2. The van der Waals surface area contributed by atoms with Crippen LogP contribution in [-0.4, -0.2) is 77.5 Å². The van der Waals surface area contributed by atoms with Gasteiger partial charge in [-0.3, -0.25) is 19.5 Å². The van der Waals surface area contributed by atoms with Crippen LogP contribution in [-0.2, 0) is 39.2 Å². The smallest absolute Gasteiger partial charge is 0.416 e. The third-order valence-corrected chi connectivity index (χ3v) is 10.0. The van der Waals surface area contributed by atoms with E-state index in [0.717, 1.165) is 41.1 Å². The Morgan fingerprint density at radius 2 is 1.98 bits per heavy atom. The van der Waals surface area contributed by atoms with Gasteiger partial charge in [0.25, 0.3) is 11.5 Å². The Labute approximate surface area is 285 Å². The zero-order chi connectivity index (χ0) is 34.9. The lowest BCUT2D eigenvalue weighted by Crippen LogP contribution is -2.47. The quantitative estimate of drug-likeness (QED) is 0.268. The van der Waals surface area contributed by atoms with E-state index < -0.39 is 41.3 Å². The summed E-state index contributed by atoms with van der Waals surface area (Å²) < 4.78 is 54.0. The second-order valence-electron chi connectivity index (χ2n) is 12.8. The van der Waals surface area contributed by atoms with E-state index in [1.807, 2.05) is 6.08 Å². The number of amides is 2. The van der Waals surface area contributed by atoms with Crippen LogP contribution in [0.3, 0.4) is 0 Å². The molecular formula is C32H30ClF3N8O6. The van der Waals surface area contributed by atoms with E-state index in [-0.39, 0.29) is 72.0 Å². The maximum absolute atomic E-state index is 14.2. The summed E-state index contributed by atoms with van der Waals surface area (Å²) in [4.78, 5) is 47.3. The Balaban J connectivity index is 1.12. The number of nitrogens with one attached hydrogen (secondary N) is 2. The van der Waals surface area contributed by atoms with Crippen molar-refractivity contribution in [2.45, 2.75) is 63.0 Å². The van der Waals surface area contributed by atoms with Gasteiger partial charge in [0, 0.05) is 19.0 Å². The number of carbonyl (C=O) groups excluding carboxylic acids is 2. The minimum atomic E-state index is -4.61. The van der Waals surface area contributed by atoms with Crippen LogP contribution in [0, 0.1) is 0 Å². The number of benzene rings is 1. The van der Waals surface area contributed by atoms with Crippen LogP contribution in [0.2, 0.25) is 5.02 Å². The summed E-state index contributed by atoms with van der Waals surface area (Å²) in [7, 11) is 0. The SMILES string of the molecule is O=C(Cn1c2c(c(=O)n3nc(C4=CCOCC4)nc13)C1(CCN(C(=O)c3[nH]nc(C4CC4)c3O)CC1)OC2)Nc1ccc(C(F)(F)F)cc1Cl. The number of aromatic hydroxyl groups is 1. The number of H-pyrrole nitrogens is 1. The molecule has 4 aromatic rings. The van der Waals surface area contributed by atoms with E-state index in [0.29, 0.717) is 36.8 Å². The molecule has 2 fully saturated rings. The molecule has 4 aliphatic rings. The van der Waals surface area contributed by atoms with E-state index in [1.54, 1.807) is 4.90 Å². The van der Waals surface area contributed by atoms with Gasteiger partial charge in [-0.25, -0.2) is 0 Å². The number of aromatic nitrogens is 6. The number of likely N-dealkylation sites (tertiary alicyclic amines) is 1. The number of piperidine rings is 1. The van der Waals surface area contributed by atoms with E-state index in [2.05, 4.69) is 25.6 Å². The molecular weight excluding hydrogens is 685 g/mol. The summed E-state index contributed by atoms with van der Waals surface area (Å²) in [5.41, 5.74) is -0.580. The predicted molar refractivity (Wildman–Crippen MR) is 170 cm³/mol. The number of ether oxygens (including phenoxy) is 2. The molecule has 1 saturated heterocycles. The lowest BCUT2D eigenvalue weighted by molar-refractivity contribution is -0.137. The molecule has 1 aromatic carbocycles. The minimum Gasteiger partial charge on any atom is -0.504 e. The van der Waals surface area contributed by atoms with Gasteiger partial charge in [0.05, 0.1) is 47.4 Å². The van der Waals surface area contributed by atoms with Gasteiger partial charge in [0.15, 0.2) is 17.3 Å². The normalized spacial score (nSPS) is 18.8. The fourth-order valence-corrected chi connectivity index (χ4v) is 7.14. The Morgan fingerprint density at radius 1 is 1.20 bits per heavy atom. The van der Waals surface area contributed by atoms with Gasteiger partial charge in [0.2, 0.25) is 11.7 Å². The van der Waals surface area contributed by atoms with Crippen molar-refractivity contribution in [3.05, 3.63) is 73.7 Å². The van der Waals surface area contributed by atoms with E-state index >= 15 is 0 Å². The molecule has 3 aliphatic heterocycles. The summed E-state index contributed by atoms with van der Waals surface area (Å²) in [6.45, 7) is 0.768. The first-order valence-corrected chi connectivity index (χ1v) is 16.5. The van der Waals surface area contributed by atoms with Crippen LogP contribution in [0.5, 0.6) is 5.75 Å². The van der Waals surface area contributed by atoms with E-state index in [4.69, 9.17) is 21.1 Å². The summed E-state index contributed by atoms with van der Waals surface area (Å²) in [5, 5.41) is 24.3. The standard InChI is InChI=1S/C32H30ClF3N8O6/c33-19-13-18(32(34,35)36)3-4-20(19)37-22(45)14-43-21-15-50-31(23(21)28(47)44-30(43)38-27(41-44)17-5-11-49-12-6-17)7-9-42(10-8-31)29(48)25-26(46)24(39-40-25)16-1-2-16/h3-5,13,16,46H,1-2,6-12,14-15H2,(H,37,45)(H,39,40). The third kappa shape index (κ3) is 5.52. The number of hydrogen-bond donors (Lipinski definition) is 3. The highest BCUT2D eigenvalue weighted by atomic mass is 35.5. The van der Waals surface area contributed by atoms with Crippen LogP contribution < -0.4 is 10.9 Å². The summed E-state index contributed by atoms with van der Waals surface area (Å²) >= 11 is 6.11. The summed E-state index contributed by atoms with van der Waals surface area (Å²) in [5.74, 6) is -0.655. The van der Waals surface area contributed by atoms with Crippen molar-refractivity contribution in [2.24, 2.45) is 0 Å². The van der Waals surface area contributed by atoms with Crippen LogP contribution in [0.15, 0.2) is 29.1 Å². The average Bonchev–Trinajstić information content (AvgIpc) is 3.54. The Kier molecular flexibility index (Phi) is 7.76. The van der Waals surface area contributed by atoms with E-state index in [1.165, 1.54) is 4.57 Å². The zero-order valence-corrected chi connectivity index (χ0v) is 27.1. The first-order valence-electron chi connectivity index (χ1n) is 16.1. The molecule has 0 radical (unpaired) electrons. The molecule has 2 amide bonds. The number of fused-ring (bicyclic) bond motifs is 3. The number of halogens is 4. The van der Waals surface area contributed by atoms with Crippen molar-refractivity contribution in [1.82, 2.24) is 34.3 Å². The molecule has 1 saturated carbocycles. The second-order valence-corrected chi connectivity index (χ2v) is 13.2. The predicted octanol–water partition coefficient (Wildman–Crippen LogP) is 3.97. The van der Waals surface area contributed by atoms with Gasteiger partial charge in [-0.1, -0.05) is 17.7 Å². The molecule has 0 unspecified atom stereocenters.